The van der Waals surface area contributed by atoms with Gasteiger partial charge in [0.1, 0.15) is 12.2 Å². The number of imide groups is 1. The minimum absolute atomic E-state index is 0.0919. The van der Waals surface area contributed by atoms with Gasteiger partial charge in [0.2, 0.25) is 0 Å². The zero-order valence-electron chi connectivity index (χ0n) is 17.1. The number of fused-ring (bicyclic) bond motifs is 2. The van der Waals surface area contributed by atoms with Gasteiger partial charge in [-0.3, -0.25) is 14.5 Å². The number of amides is 2. The molecule has 31 heavy (non-hydrogen) atoms. The van der Waals surface area contributed by atoms with Crippen molar-refractivity contribution in [2.75, 3.05) is 6.54 Å². The smallest absolute Gasteiger partial charge is 0.338 e. The number of esters is 1. The van der Waals surface area contributed by atoms with Crippen molar-refractivity contribution in [1.29, 1.82) is 0 Å². The third-order valence-corrected chi connectivity index (χ3v) is 5.39. The van der Waals surface area contributed by atoms with Gasteiger partial charge in [0.25, 0.3) is 11.8 Å². The van der Waals surface area contributed by atoms with Crippen molar-refractivity contribution in [1.82, 2.24) is 4.90 Å². The van der Waals surface area contributed by atoms with Gasteiger partial charge in [0.05, 0.1) is 16.7 Å². The van der Waals surface area contributed by atoms with Crippen molar-refractivity contribution in [2.45, 2.75) is 20.5 Å². The summed E-state index contributed by atoms with van der Waals surface area (Å²) in [6.07, 6.45) is 1.46. The van der Waals surface area contributed by atoms with Gasteiger partial charge >= 0.3 is 11.6 Å². The van der Waals surface area contributed by atoms with Crippen LogP contribution in [0.5, 0.6) is 0 Å². The summed E-state index contributed by atoms with van der Waals surface area (Å²) >= 11 is 0. The van der Waals surface area contributed by atoms with E-state index in [9.17, 15) is 19.2 Å². The van der Waals surface area contributed by atoms with Gasteiger partial charge in [-0.25, -0.2) is 9.59 Å². The molecular weight excluding hydrogens is 398 g/mol. The lowest BCUT2D eigenvalue weighted by molar-refractivity contribution is 0.0473. The van der Waals surface area contributed by atoms with Crippen molar-refractivity contribution in [3.05, 3.63) is 92.9 Å². The molecule has 0 atom stereocenters. The highest BCUT2D eigenvalue weighted by atomic mass is 16.5. The molecule has 0 aliphatic carbocycles. The predicted molar refractivity (Wildman–Crippen MR) is 113 cm³/mol. The number of aryl methyl sites for hydroxylation is 2. The van der Waals surface area contributed by atoms with Crippen molar-refractivity contribution >= 4 is 28.8 Å². The van der Waals surface area contributed by atoms with E-state index in [1.54, 1.807) is 0 Å². The first-order valence-electron chi connectivity index (χ1n) is 9.63. The Morgan fingerprint density at radius 1 is 1.06 bits per heavy atom. The van der Waals surface area contributed by atoms with Gasteiger partial charge in [-0.1, -0.05) is 18.2 Å². The van der Waals surface area contributed by atoms with Crippen LogP contribution in [-0.4, -0.2) is 29.2 Å². The number of hydrogen-bond acceptors (Lipinski definition) is 6. The largest absolute Gasteiger partial charge is 0.457 e. The topological polar surface area (TPSA) is 93.9 Å². The standard InChI is InChI=1S/C24H19NO6/c1-4-9-25-22(27)18-8-6-15(10-19(18)23(25)28)24(29)30-12-16-11-20(26)31-21-14(3)13(2)5-7-17(16)21/h4-8,10-11H,1,9,12H2,2-3H3. The number of benzene rings is 2. The lowest BCUT2D eigenvalue weighted by atomic mass is 10.0. The maximum absolute atomic E-state index is 12.6. The van der Waals surface area contributed by atoms with Gasteiger partial charge in [-0.05, 0) is 43.2 Å². The highest BCUT2D eigenvalue weighted by Crippen LogP contribution is 2.26. The van der Waals surface area contributed by atoms with Crippen molar-refractivity contribution in [3.8, 4) is 0 Å². The number of ether oxygens (including phenoxy) is 1. The molecule has 7 nitrogen and oxygen atoms in total. The summed E-state index contributed by atoms with van der Waals surface area (Å²) in [4.78, 5) is 50.4. The van der Waals surface area contributed by atoms with Gasteiger partial charge in [-0.15, -0.1) is 6.58 Å². The molecule has 2 aromatic carbocycles. The first-order valence-corrected chi connectivity index (χ1v) is 9.63. The summed E-state index contributed by atoms with van der Waals surface area (Å²) in [6, 6.07) is 9.25. The van der Waals surface area contributed by atoms with Crippen LogP contribution in [0.3, 0.4) is 0 Å². The van der Waals surface area contributed by atoms with Crippen molar-refractivity contribution < 1.29 is 23.5 Å². The lowest BCUT2D eigenvalue weighted by Crippen LogP contribution is -2.29. The molecule has 1 aromatic heterocycles. The van der Waals surface area contributed by atoms with Crippen LogP contribution in [-0.2, 0) is 11.3 Å². The molecule has 0 N–H and O–H groups in total. The van der Waals surface area contributed by atoms with Gasteiger partial charge in [0.15, 0.2) is 0 Å². The molecule has 0 unspecified atom stereocenters. The Morgan fingerprint density at radius 3 is 2.55 bits per heavy atom. The molecule has 1 aliphatic rings. The lowest BCUT2D eigenvalue weighted by Gasteiger charge is -2.10. The summed E-state index contributed by atoms with van der Waals surface area (Å²) in [5, 5.41) is 0.685. The highest BCUT2D eigenvalue weighted by molar-refractivity contribution is 6.22. The normalized spacial score (nSPS) is 12.9. The van der Waals surface area contributed by atoms with Crippen LogP contribution in [0.4, 0.5) is 0 Å². The van der Waals surface area contributed by atoms with E-state index in [2.05, 4.69) is 6.58 Å². The third-order valence-electron chi connectivity index (χ3n) is 5.39. The molecule has 3 aromatic rings. The summed E-state index contributed by atoms with van der Waals surface area (Å²) in [7, 11) is 0. The van der Waals surface area contributed by atoms with E-state index in [0.717, 1.165) is 16.0 Å². The maximum Gasteiger partial charge on any atom is 0.338 e. The first kappa shape index (κ1) is 20.3. The fourth-order valence-electron chi connectivity index (χ4n) is 3.58. The number of rotatable bonds is 5. The van der Waals surface area contributed by atoms with Crippen LogP contribution < -0.4 is 5.63 Å². The molecule has 2 amide bonds. The van der Waals surface area contributed by atoms with Crippen LogP contribution in [0.25, 0.3) is 11.0 Å². The van der Waals surface area contributed by atoms with Crippen molar-refractivity contribution in [2.24, 2.45) is 0 Å². The van der Waals surface area contributed by atoms with Crippen LogP contribution in [0.1, 0.15) is 47.8 Å². The minimum atomic E-state index is -0.671. The van der Waals surface area contributed by atoms with Crippen molar-refractivity contribution in [3.63, 3.8) is 0 Å². The fourth-order valence-corrected chi connectivity index (χ4v) is 3.58. The van der Waals surface area contributed by atoms with E-state index in [-0.39, 0.29) is 29.8 Å². The Hall–Kier alpha value is -4.00. The number of hydrogen-bond donors (Lipinski definition) is 0. The Balaban J connectivity index is 1.59. The van der Waals surface area contributed by atoms with E-state index in [4.69, 9.17) is 9.15 Å². The molecule has 0 bridgehead atoms. The molecule has 0 saturated heterocycles. The van der Waals surface area contributed by atoms with Crippen LogP contribution in [0.2, 0.25) is 0 Å². The Bertz CT molecular complexity index is 1330. The average Bonchev–Trinajstić information content (AvgIpc) is 2.99. The molecule has 4 rings (SSSR count). The Labute approximate surface area is 177 Å². The van der Waals surface area contributed by atoms with Gasteiger partial charge < -0.3 is 9.15 Å². The maximum atomic E-state index is 12.6. The molecular formula is C24H19NO6. The highest BCUT2D eigenvalue weighted by Gasteiger charge is 2.35. The molecule has 156 valence electrons. The summed E-state index contributed by atoms with van der Waals surface area (Å²) < 4.78 is 10.7. The summed E-state index contributed by atoms with van der Waals surface area (Å²) in [6.45, 7) is 7.26. The predicted octanol–water partition coefficient (Wildman–Crippen LogP) is 3.55. The molecule has 0 radical (unpaired) electrons. The number of carbonyl (C=O) groups excluding carboxylic acids is 3. The number of nitrogens with zero attached hydrogens (tertiary/aromatic N) is 1. The second-order valence-electron chi connectivity index (χ2n) is 7.32. The third kappa shape index (κ3) is 3.44. The molecule has 0 fully saturated rings. The zero-order chi connectivity index (χ0) is 22.3. The summed E-state index contributed by atoms with van der Waals surface area (Å²) in [5.41, 5.74) is 2.80. The minimum Gasteiger partial charge on any atom is -0.457 e. The van der Waals surface area contributed by atoms with Crippen LogP contribution in [0, 0.1) is 13.8 Å². The van der Waals surface area contributed by atoms with Gasteiger partial charge in [0, 0.05) is 23.6 Å². The quantitative estimate of drug-likeness (QED) is 0.273. The summed E-state index contributed by atoms with van der Waals surface area (Å²) in [5.74, 6) is -1.57. The van der Waals surface area contributed by atoms with E-state index >= 15 is 0 Å². The van der Waals surface area contributed by atoms with Crippen LogP contribution in [0.15, 0.2) is 58.3 Å². The van der Waals surface area contributed by atoms with E-state index in [1.165, 1.54) is 30.3 Å². The Morgan fingerprint density at radius 2 is 1.81 bits per heavy atom. The monoisotopic (exact) mass is 417 g/mol. The average molecular weight is 417 g/mol. The van der Waals surface area contributed by atoms with Crippen LogP contribution >= 0.6 is 0 Å². The molecule has 1 aliphatic heterocycles. The molecule has 2 heterocycles. The zero-order valence-corrected chi connectivity index (χ0v) is 17.1. The second kappa shape index (κ2) is 7.68. The molecule has 7 heteroatoms. The van der Waals surface area contributed by atoms with E-state index in [0.29, 0.717) is 16.5 Å². The SMILES string of the molecule is C=CCN1C(=O)c2ccc(C(=O)OCc3cc(=O)oc4c(C)c(C)ccc34)cc2C1=O. The fraction of sp³-hybridized carbons (Fsp3) is 0.167. The first-order chi connectivity index (χ1) is 14.8. The van der Waals surface area contributed by atoms with E-state index in [1.807, 2.05) is 26.0 Å². The van der Waals surface area contributed by atoms with Gasteiger partial charge in [-0.2, -0.15) is 0 Å². The second-order valence-corrected chi connectivity index (χ2v) is 7.32. The Kier molecular flexibility index (Phi) is 5.02. The van der Waals surface area contributed by atoms with E-state index < -0.39 is 23.4 Å². The number of carbonyl (C=O) groups is 3. The molecule has 0 saturated carbocycles. The molecule has 0 spiro atoms.